The van der Waals surface area contributed by atoms with Gasteiger partial charge in [0.25, 0.3) is 0 Å². The molecule has 66 valence electrons. The van der Waals surface area contributed by atoms with Crippen molar-refractivity contribution in [2.45, 2.75) is 25.2 Å². The summed E-state index contributed by atoms with van der Waals surface area (Å²) in [6, 6.07) is -0.127. The molecule has 2 aliphatic rings. The molecule has 2 heterocycles. The average molecular weight is 169 g/mol. The Balaban J connectivity index is 2.10. The molecule has 12 heavy (non-hydrogen) atoms. The lowest BCUT2D eigenvalue weighted by Crippen LogP contribution is -2.27. The monoisotopic (exact) mass is 169 g/mol. The van der Waals surface area contributed by atoms with Crippen molar-refractivity contribution in [3.63, 3.8) is 0 Å². The minimum absolute atomic E-state index is 0.0125. The summed E-state index contributed by atoms with van der Waals surface area (Å²) < 4.78 is 10.9. The topological polar surface area (TPSA) is 47.9 Å². The third-order valence-electron chi connectivity index (χ3n) is 2.49. The SMILES string of the molecule is CC1COC2C(N=C=O)COC12. The maximum atomic E-state index is 10.0. The normalized spacial score (nSPS) is 45.4. The van der Waals surface area contributed by atoms with Crippen molar-refractivity contribution in [3.8, 4) is 0 Å². The molecule has 2 rings (SSSR count). The smallest absolute Gasteiger partial charge is 0.235 e. The Hall–Kier alpha value is -0.700. The van der Waals surface area contributed by atoms with Gasteiger partial charge in [-0.15, -0.1) is 0 Å². The van der Waals surface area contributed by atoms with Gasteiger partial charge < -0.3 is 9.47 Å². The number of hydrogen-bond acceptors (Lipinski definition) is 4. The molecule has 2 aliphatic heterocycles. The highest BCUT2D eigenvalue weighted by atomic mass is 16.6. The molecule has 0 bridgehead atoms. The van der Waals surface area contributed by atoms with Crippen LogP contribution in [0.2, 0.25) is 0 Å². The number of aliphatic imine (C=N–C) groups is 1. The Bertz CT molecular complexity index is 224. The van der Waals surface area contributed by atoms with Gasteiger partial charge in [0.15, 0.2) is 0 Å². The van der Waals surface area contributed by atoms with Crippen molar-refractivity contribution in [2.75, 3.05) is 13.2 Å². The van der Waals surface area contributed by atoms with Crippen LogP contribution in [0.1, 0.15) is 6.92 Å². The summed E-state index contributed by atoms with van der Waals surface area (Å²) in [6.45, 7) is 3.28. The van der Waals surface area contributed by atoms with E-state index >= 15 is 0 Å². The van der Waals surface area contributed by atoms with Crippen LogP contribution in [0, 0.1) is 5.92 Å². The van der Waals surface area contributed by atoms with Crippen molar-refractivity contribution in [1.29, 1.82) is 0 Å². The molecule has 0 aliphatic carbocycles. The second-order valence-electron chi connectivity index (χ2n) is 3.36. The second-order valence-corrected chi connectivity index (χ2v) is 3.36. The maximum Gasteiger partial charge on any atom is 0.235 e. The zero-order valence-electron chi connectivity index (χ0n) is 6.90. The first-order chi connectivity index (χ1) is 5.83. The van der Waals surface area contributed by atoms with Crippen LogP contribution in [0.3, 0.4) is 0 Å². The summed E-state index contributed by atoms with van der Waals surface area (Å²) in [4.78, 5) is 13.7. The van der Waals surface area contributed by atoms with Crippen molar-refractivity contribution in [3.05, 3.63) is 0 Å². The summed E-state index contributed by atoms with van der Waals surface area (Å²) in [6.07, 6.45) is 1.67. The fraction of sp³-hybridized carbons (Fsp3) is 0.875. The Morgan fingerprint density at radius 1 is 1.33 bits per heavy atom. The molecule has 0 radical (unpaired) electrons. The summed E-state index contributed by atoms with van der Waals surface area (Å²) >= 11 is 0. The number of fused-ring (bicyclic) bond motifs is 1. The van der Waals surface area contributed by atoms with Gasteiger partial charge in [0.1, 0.15) is 12.1 Å². The number of nitrogens with zero attached hydrogens (tertiary/aromatic N) is 1. The van der Waals surface area contributed by atoms with Crippen LogP contribution in [0.25, 0.3) is 0 Å². The Kier molecular flexibility index (Phi) is 1.97. The predicted octanol–water partition coefficient (Wildman–Crippen LogP) is 0.124. The van der Waals surface area contributed by atoms with Gasteiger partial charge in [-0.05, 0) is 0 Å². The van der Waals surface area contributed by atoms with E-state index in [1.54, 1.807) is 6.08 Å². The molecule has 0 aromatic carbocycles. The molecular formula is C8H11NO3. The number of ether oxygens (including phenoxy) is 2. The van der Waals surface area contributed by atoms with E-state index in [1.807, 2.05) is 0 Å². The first kappa shape index (κ1) is 7.92. The molecule has 4 unspecified atom stereocenters. The molecule has 0 spiro atoms. The third kappa shape index (κ3) is 1.08. The lowest BCUT2D eigenvalue weighted by Gasteiger charge is -2.10. The van der Waals surface area contributed by atoms with E-state index in [1.165, 1.54) is 0 Å². The van der Waals surface area contributed by atoms with Crippen molar-refractivity contribution >= 4 is 6.08 Å². The largest absolute Gasteiger partial charge is 0.373 e. The lowest BCUT2D eigenvalue weighted by atomic mass is 10.0. The molecular weight excluding hydrogens is 158 g/mol. The van der Waals surface area contributed by atoms with Gasteiger partial charge in [-0.1, -0.05) is 6.92 Å². The van der Waals surface area contributed by atoms with E-state index in [9.17, 15) is 4.79 Å². The molecule has 0 amide bonds. The van der Waals surface area contributed by atoms with Gasteiger partial charge in [0, 0.05) is 5.92 Å². The van der Waals surface area contributed by atoms with E-state index in [-0.39, 0.29) is 18.2 Å². The van der Waals surface area contributed by atoms with Crippen LogP contribution in [0.4, 0.5) is 0 Å². The summed E-state index contributed by atoms with van der Waals surface area (Å²) in [5.74, 6) is 0.418. The Labute approximate surface area is 70.6 Å². The minimum atomic E-state index is -0.127. The fourth-order valence-electron chi connectivity index (χ4n) is 1.85. The molecule has 2 fully saturated rings. The predicted molar refractivity (Wildman–Crippen MR) is 40.6 cm³/mol. The van der Waals surface area contributed by atoms with Gasteiger partial charge in [0.2, 0.25) is 6.08 Å². The zero-order valence-corrected chi connectivity index (χ0v) is 6.90. The van der Waals surface area contributed by atoms with E-state index < -0.39 is 0 Å². The number of hydrogen-bond donors (Lipinski definition) is 0. The first-order valence-corrected chi connectivity index (χ1v) is 4.13. The van der Waals surface area contributed by atoms with Crippen LogP contribution >= 0.6 is 0 Å². The van der Waals surface area contributed by atoms with Gasteiger partial charge in [-0.2, -0.15) is 4.99 Å². The van der Waals surface area contributed by atoms with E-state index in [2.05, 4.69) is 11.9 Å². The van der Waals surface area contributed by atoms with Crippen molar-refractivity contribution in [1.82, 2.24) is 0 Å². The molecule has 4 atom stereocenters. The maximum absolute atomic E-state index is 10.0. The van der Waals surface area contributed by atoms with Crippen molar-refractivity contribution < 1.29 is 14.3 Å². The number of isocyanates is 1. The minimum Gasteiger partial charge on any atom is -0.373 e. The van der Waals surface area contributed by atoms with Crippen LogP contribution < -0.4 is 0 Å². The van der Waals surface area contributed by atoms with Gasteiger partial charge in [-0.25, -0.2) is 4.79 Å². The summed E-state index contributed by atoms with van der Waals surface area (Å²) in [7, 11) is 0. The highest BCUT2D eigenvalue weighted by Crippen LogP contribution is 2.31. The molecule has 4 nitrogen and oxygen atoms in total. The van der Waals surface area contributed by atoms with Crippen LogP contribution in [0.5, 0.6) is 0 Å². The molecule has 2 saturated heterocycles. The Morgan fingerprint density at radius 3 is 2.83 bits per heavy atom. The molecule has 0 aromatic heterocycles. The number of rotatable bonds is 1. The lowest BCUT2D eigenvalue weighted by molar-refractivity contribution is 0.0650. The standard InChI is InChI=1S/C8H11NO3/c1-5-2-11-8-6(9-4-10)3-12-7(5)8/h5-8H,2-3H2,1H3. The highest BCUT2D eigenvalue weighted by Gasteiger charge is 2.45. The van der Waals surface area contributed by atoms with Crippen LogP contribution in [-0.4, -0.2) is 37.5 Å². The fourth-order valence-corrected chi connectivity index (χ4v) is 1.85. The number of carbonyl (C=O) groups excluding carboxylic acids is 1. The van der Waals surface area contributed by atoms with E-state index in [0.717, 1.165) is 0 Å². The molecule has 4 heteroatoms. The zero-order chi connectivity index (χ0) is 8.55. The van der Waals surface area contributed by atoms with Gasteiger partial charge in [-0.3, -0.25) is 0 Å². The molecule has 0 aromatic rings. The Morgan fingerprint density at radius 2 is 2.08 bits per heavy atom. The molecule has 0 N–H and O–H groups in total. The summed E-state index contributed by atoms with van der Waals surface area (Å²) in [5.41, 5.74) is 0. The van der Waals surface area contributed by atoms with E-state index in [4.69, 9.17) is 9.47 Å². The van der Waals surface area contributed by atoms with Gasteiger partial charge in [0.05, 0.1) is 19.3 Å². The second kappa shape index (κ2) is 2.98. The van der Waals surface area contributed by atoms with Crippen molar-refractivity contribution in [2.24, 2.45) is 10.9 Å². The third-order valence-corrected chi connectivity index (χ3v) is 2.49. The first-order valence-electron chi connectivity index (χ1n) is 4.13. The van der Waals surface area contributed by atoms with Crippen LogP contribution in [0.15, 0.2) is 4.99 Å². The quantitative estimate of drug-likeness (QED) is 0.414. The molecule has 0 saturated carbocycles. The summed E-state index contributed by atoms with van der Waals surface area (Å²) in [5, 5.41) is 0. The van der Waals surface area contributed by atoms with Crippen LogP contribution in [-0.2, 0) is 14.3 Å². The average Bonchev–Trinajstić information content (AvgIpc) is 2.58. The highest BCUT2D eigenvalue weighted by molar-refractivity contribution is 5.34. The van der Waals surface area contributed by atoms with Gasteiger partial charge >= 0.3 is 0 Å². The van der Waals surface area contributed by atoms with E-state index in [0.29, 0.717) is 19.1 Å².